The molecule has 3 aliphatic carbocycles. The third kappa shape index (κ3) is 5.37. The molecular weight excluding hydrogens is 532 g/mol. The molecule has 0 radical (unpaired) electrons. The normalized spacial score (nSPS) is 47.3. The Labute approximate surface area is 251 Å². The highest BCUT2D eigenvalue weighted by atomic mass is 16.6. The zero-order chi connectivity index (χ0) is 29.6. The number of aliphatic hydroxyl groups is 1. The van der Waals surface area contributed by atoms with Gasteiger partial charge in [-0.2, -0.15) is 0 Å². The monoisotopic (exact) mass is 586 g/mol. The van der Waals surface area contributed by atoms with Crippen LogP contribution >= 0.6 is 0 Å². The van der Waals surface area contributed by atoms with Crippen LogP contribution in [0, 0.1) is 41.4 Å². The van der Waals surface area contributed by atoms with Crippen molar-refractivity contribution in [2.45, 2.75) is 134 Å². The molecule has 6 aliphatic rings. The average molecular weight is 587 g/mol. The Morgan fingerprint density at radius 1 is 1.07 bits per heavy atom. The molecule has 3 saturated heterocycles. The van der Waals surface area contributed by atoms with Gasteiger partial charge in [-0.3, -0.25) is 4.79 Å². The third-order valence-electron chi connectivity index (χ3n) is 12.5. The van der Waals surface area contributed by atoms with Crippen LogP contribution in [0.25, 0.3) is 0 Å². The fraction of sp³-hybridized carbons (Fsp3) is 0.882. The Balaban J connectivity index is 1.35. The molecule has 3 heterocycles. The van der Waals surface area contributed by atoms with E-state index in [4.69, 9.17) is 19.9 Å². The minimum Gasteiger partial charge on any atom is -0.462 e. The molecule has 236 valence electrons. The molecule has 8 heteroatoms. The molecule has 1 spiro atoms. The van der Waals surface area contributed by atoms with E-state index in [1.54, 1.807) is 0 Å². The van der Waals surface area contributed by atoms with E-state index in [0.29, 0.717) is 48.0 Å². The summed E-state index contributed by atoms with van der Waals surface area (Å²) < 4.78 is 20.2. The summed E-state index contributed by atoms with van der Waals surface area (Å²) in [5, 5.41) is 12.9. The summed E-state index contributed by atoms with van der Waals surface area (Å²) in [6.07, 6.45) is 14.3. The van der Waals surface area contributed by atoms with Gasteiger partial charge < -0.3 is 30.4 Å². The summed E-state index contributed by atoms with van der Waals surface area (Å²) in [6, 6.07) is 0. The molecule has 42 heavy (non-hydrogen) atoms. The fourth-order valence-corrected chi connectivity index (χ4v) is 10.4. The second-order valence-corrected chi connectivity index (χ2v) is 14.9. The molecular formula is C34H54N2O6. The zero-order valence-corrected chi connectivity index (χ0v) is 26.0. The molecule has 8 nitrogen and oxygen atoms in total. The molecule has 6 fully saturated rings. The standard InChI is InChI=1S/C34H54N2O6/c1-4-20(2)31(38)42-33(3)17-22-8-5-6-10-26(22)30(23-11-12-29(35)36-19-23)34(33)18-25-15-24-14-21(9-7-13-37)32(39)40-27(24)16-28(25)41-34/h4,21-30,36-37H,5-19,35H2,1-3H3/t21?,22?,23?,24?,25?,26?,27?,28?,29?,30-,33-,34+/m1/s1. The van der Waals surface area contributed by atoms with Crippen LogP contribution in [0.15, 0.2) is 11.6 Å². The Kier molecular flexibility index (Phi) is 8.82. The number of allylic oxidation sites excluding steroid dienone is 1. The first-order chi connectivity index (χ1) is 20.2. The van der Waals surface area contributed by atoms with Crippen LogP contribution in [-0.4, -0.2) is 59.8 Å². The second-order valence-electron chi connectivity index (χ2n) is 14.9. The van der Waals surface area contributed by atoms with Gasteiger partial charge in [0.05, 0.1) is 18.2 Å². The Morgan fingerprint density at radius 2 is 1.88 bits per heavy atom. The van der Waals surface area contributed by atoms with E-state index in [0.717, 1.165) is 51.5 Å². The van der Waals surface area contributed by atoms with Gasteiger partial charge in [-0.05, 0) is 121 Å². The van der Waals surface area contributed by atoms with Gasteiger partial charge in [0.2, 0.25) is 0 Å². The van der Waals surface area contributed by atoms with E-state index >= 15 is 0 Å². The van der Waals surface area contributed by atoms with Crippen LogP contribution in [0.1, 0.15) is 104 Å². The van der Waals surface area contributed by atoms with Crippen LogP contribution in [-0.2, 0) is 23.8 Å². The number of ether oxygens (including phenoxy) is 3. The first-order valence-corrected chi connectivity index (χ1v) is 17.0. The zero-order valence-electron chi connectivity index (χ0n) is 26.0. The maximum Gasteiger partial charge on any atom is 0.334 e. The van der Waals surface area contributed by atoms with Gasteiger partial charge in [0.15, 0.2) is 0 Å². The van der Waals surface area contributed by atoms with Gasteiger partial charge in [0.25, 0.3) is 0 Å². The predicted molar refractivity (Wildman–Crippen MR) is 159 cm³/mol. The molecule has 4 N–H and O–H groups in total. The average Bonchev–Trinajstić information content (AvgIpc) is 3.35. The number of hydrogen-bond acceptors (Lipinski definition) is 8. The van der Waals surface area contributed by atoms with Crippen LogP contribution in [0.3, 0.4) is 0 Å². The summed E-state index contributed by atoms with van der Waals surface area (Å²) in [7, 11) is 0. The fourth-order valence-electron chi connectivity index (χ4n) is 10.4. The van der Waals surface area contributed by atoms with Crippen molar-refractivity contribution in [3.63, 3.8) is 0 Å². The van der Waals surface area contributed by atoms with Crippen molar-refractivity contribution >= 4 is 11.9 Å². The van der Waals surface area contributed by atoms with Gasteiger partial charge in [-0.25, -0.2) is 4.79 Å². The number of rotatable bonds is 6. The maximum atomic E-state index is 13.5. The lowest BCUT2D eigenvalue weighted by Crippen LogP contribution is -2.68. The van der Waals surface area contributed by atoms with Gasteiger partial charge in [-0.15, -0.1) is 0 Å². The van der Waals surface area contributed by atoms with Crippen molar-refractivity contribution in [2.75, 3.05) is 13.2 Å². The molecule has 0 bridgehead atoms. The highest BCUT2D eigenvalue weighted by Gasteiger charge is 2.70. The quantitative estimate of drug-likeness (QED) is 0.305. The van der Waals surface area contributed by atoms with Crippen molar-refractivity contribution in [3.8, 4) is 0 Å². The molecule has 3 saturated carbocycles. The summed E-state index contributed by atoms with van der Waals surface area (Å²) in [5.41, 5.74) is 5.64. The van der Waals surface area contributed by atoms with E-state index in [9.17, 15) is 14.7 Å². The Morgan fingerprint density at radius 3 is 2.62 bits per heavy atom. The highest BCUT2D eigenvalue weighted by molar-refractivity contribution is 5.88. The van der Waals surface area contributed by atoms with Crippen molar-refractivity contribution in [2.24, 2.45) is 47.2 Å². The van der Waals surface area contributed by atoms with E-state index in [1.165, 1.54) is 25.7 Å². The van der Waals surface area contributed by atoms with Crippen LogP contribution < -0.4 is 11.1 Å². The largest absolute Gasteiger partial charge is 0.462 e. The van der Waals surface area contributed by atoms with Crippen molar-refractivity contribution in [3.05, 3.63) is 11.6 Å². The van der Waals surface area contributed by atoms with E-state index in [-0.39, 0.29) is 48.8 Å². The van der Waals surface area contributed by atoms with Crippen LogP contribution in [0.2, 0.25) is 0 Å². The van der Waals surface area contributed by atoms with Gasteiger partial charge in [0.1, 0.15) is 17.3 Å². The number of esters is 2. The molecule has 9 unspecified atom stereocenters. The SMILES string of the molecule is CC=C(C)C(=O)O[C@]1(C)CC2CCCCC2[C@@H](C2CCC(N)NC2)[C@@]12CC1CC3CC(CCCO)C(=O)OC3CC1O2. The first kappa shape index (κ1) is 30.5. The number of nitrogens with one attached hydrogen (secondary N) is 1. The lowest BCUT2D eigenvalue weighted by Gasteiger charge is -2.61. The number of carbonyl (C=O) groups is 2. The third-order valence-corrected chi connectivity index (χ3v) is 12.5. The van der Waals surface area contributed by atoms with Gasteiger partial charge >= 0.3 is 11.9 Å². The highest BCUT2D eigenvalue weighted by Crippen LogP contribution is 2.64. The minimum absolute atomic E-state index is 0.00432. The summed E-state index contributed by atoms with van der Waals surface area (Å²) in [4.78, 5) is 26.4. The number of carbonyl (C=O) groups excluding carboxylic acids is 2. The van der Waals surface area contributed by atoms with E-state index < -0.39 is 11.2 Å². The molecule has 0 amide bonds. The second kappa shape index (κ2) is 12.1. The lowest BCUT2D eigenvalue weighted by molar-refractivity contribution is -0.266. The minimum atomic E-state index is -0.736. The molecule has 0 aromatic heterocycles. The van der Waals surface area contributed by atoms with E-state index in [1.807, 2.05) is 19.9 Å². The summed E-state index contributed by atoms with van der Waals surface area (Å²) in [5.74, 6) is 1.99. The first-order valence-electron chi connectivity index (χ1n) is 17.0. The Bertz CT molecular complexity index is 1040. The molecule has 12 atom stereocenters. The number of fused-ring (bicyclic) bond motifs is 3. The van der Waals surface area contributed by atoms with Gasteiger partial charge in [0, 0.05) is 18.6 Å². The Hall–Kier alpha value is -1.48. The molecule has 3 aliphatic heterocycles. The number of nitrogens with two attached hydrogens (primary N) is 1. The van der Waals surface area contributed by atoms with Crippen molar-refractivity contribution < 1.29 is 28.9 Å². The lowest BCUT2D eigenvalue weighted by atomic mass is 9.49. The number of piperidine rings is 1. The summed E-state index contributed by atoms with van der Waals surface area (Å²) in [6.45, 7) is 6.90. The molecule has 6 rings (SSSR count). The van der Waals surface area contributed by atoms with Crippen molar-refractivity contribution in [1.82, 2.24) is 5.32 Å². The van der Waals surface area contributed by atoms with E-state index in [2.05, 4.69) is 12.2 Å². The van der Waals surface area contributed by atoms with Crippen LogP contribution in [0.5, 0.6) is 0 Å². The molecule has 0 aromatic rings. The number of hydrogen-bond donors (Lipinski definition) is 3. The smallest absolute Gasteiger partial charge is 0.334 e. The van der Waals surface area contributed by atoms with Crippen molar-refractivity contribution in [1.29, 1.82) is 0 Å². The summed E-state index contributed by atoms with van der Waals surface area (Å²) >= 11 is 0. The van der Waals surface area contributed by atoms with Gasteiger partial charge in [-0.1, -0.05) is 25.3 Å². The topological polar surface area (TPSA) is 120 Å². The number of aliphatic hydroxyl groups excluding tert-OH is 1. The van der Waals surface area contributed by atoms with Crippen LogP contribution in [0.4, 0.5) is 0 Å². The molecule has 0 aromatic carbocycles. The maximum absolute atomic E-state index is 13.5. The predicted octanol–water partition coefficient (Wildman–Crippen LogP) is 4.62.